The van der Waals surface area contributed by atoms with Crippen molar-refractivity contribution in [1.29, 1.82) is 0 Å². The maximum atomic E-state index is 7.08. The van der Waals surface area contributed by atoms with Gasteiger partial charge in [-0.05, 0) is 36.9 Å². The molecule has 3 heterocycles. The van der Waals surface area contributed by atoms with Gasteiger partial charge in [-0.1, -0.05) is 48.5 Å². The number of amidine groups is 1. The molecule has 3 aromatic carbocycles. The van der Waals surface area contributed by atoms with Crippen molar-refractivity contribution in [2.24, 2.45) is 4.99 Å². The van der Waals surface area contributed by atoms with Crippen molar-refractivity contribution in [3.63, 3.8) is 0 Å². The Balaban J connectivity index is 1.63. The number of aliphatic imine (C=N–C) groups is 1. The first kappa shape index (κ1) is 18.7. The van der Waals surface area contributed by atoms with Gasteiger partial charge in [-0.2, -0.15) is 0 Å². The maximum absolute atomic E-state index is 7.08. The van der Waals surface area contributed by atoms with Crippen LogP contribution in [-0.2, 0) is 10.2 Å². The summed E-state index contributed by atoms with van der Waals surface area (Å²) in [4.78, 5) is 10.0. The normalized spacial score (nSPS) is 24.0. The second-order valence-corrected chi connectivity index (χ2v) is 9.12. The summed E-state index contributed by atoms with van der Waals surface area (Å²) in [7, 11) is 2.13. The van der Waals surface area contributed by atoms with Crippen LogP contribution in [0.1, 0.15) is 19.4 Å². The molecule has 1 unspecified atom stereocenters. The Morgan fingerprint density at radius 3 is 2.45 bits per heavy atom. The molecule has 3 aromatic rings. The van der Waals surface area contributed by atoms with Crippen molar-refractivity contribution in [3.05, 3.63) is 66.2 Å². The summed E-state index contributed by atoms with van der Waals surface area (Å²) in [6.45, 7) is 7.58. The molecular formula is C26H27N3O2. The standard InChI is InChI=1S/C26H27N3O2/c1-25(2)20-10-6-7-11-21(20)28(3)26(25)24(29-14-16-30-17-15-29)27-23-19-9-5-4-8-18(19)12-13-22(23)31-26/h4-13H,14-17H2,1-3H3. The predicted octanol–water partition coefficient (Wildman–Crippen LogP) is 4.72. The van der Waals surface area contributed by atoms with Crippen LogP contribution in [0.3, 0.4) is 0 Å². The first-order valence-electron chi connectivity index (χ1n) is 11.0. The van der Waals surface area contributed by atoms with E-state index >= 15 is 0 Å². The quantitative estimate of drug-likeness (QED) is 0.535. The molecule has 3 aliphatic rings. The van der Waals surface area contributed by atoms with E-state index in [2.05, 4.69) is 91.4 Å². The monoisotopic (exact) mass is 413 g/mol. The van der Waals surface area contributed by atoms with Crippen LogP contribution in [0, 0.1) is 0 Å². The summed E-state index contributed by atoms with van der Waals surface area (Å²) in [5.41, 5.74) is 2.35. The van der Waals surface area contributed by atoms with Gasteiger partial charge in [0.15, 0.2) is 5.84 Å². The smallest absolute Gasteiger partial charge is 0.250 e. The van der Waals surface area contributed by atoms with Gasteiger partial charge in [0.1, 0.15) is 11.4 Å². The maximum Gasteiger partial charge on any atom is 0.250 e. The predicted molar refractivity (Wildman–Crippen MR) is 125 cm³/mol. The van der Waals surface area contributed by atoms with E-state index in [0.29, 0.717) is 13.2 Å². The molecule has 5 heteroatoms. The first-order chi connectivity index (χ1) is 15.0. The Labute approximate surface area is 182 Å². The lowest BCUT2D eigenvalue weighted by atomic mass is 9.76. The van der Waals surface area contributed by atoms with Gasteiger partial charge < -0.3 is 19.3 Å². The molecule has 1 atom stereocenters. The van der Waals surface area contributed by atoms with E-state index in [-0.39, 0.29) is 5.41 Å². The van der Waals surface area contributed by atoms with Crippen molar-refractivity contribution in [3.8, 4) is 5.75 Å². The molecule has 0 bridgehead atoms. The Morgan fingerprint density at radius 2 is 1.65 bits per heavy atom. The Morgan fingerprint density at radius 1 is 0.903 bits per heavy atom. The van der Waals surface area contributed by atoms with E-state index in [4.69, 9.17) is 14.5 Å². The molecule has 0 saturated carbocycles. The fourth-order valence-electron chi connectivity index (χ4n) is 5.57. The number of anilines is 1. The van der Waals surface area contributed by atoms with Crippen LogP contribution >= 0.6 is 0 Å². The van der Waals surface area contributed by atoms with Gasteiger partial charge in [0, 0.05) is 31.2 Å². The number of benzene rings is 3. The van der Waals surface area contributed by atoms with Gasteiger partial charge in [0.05, 0.1) is 18.6 Å². The van der Waals surface area contributed by atoms with Gasteiger partial charge in [0.25, 0.3) is 5.72 Å². The van der Waals surface area contributed by atoms with Crippen LogP contribution in [0.15, 0.2) is 65.7 Å². The second kappa shape index (κ2) is 6.47. The number of hydrogen-bond donors (Lipinski definition) is 0. The van der Waals surface area contributed by atoms with Gasteiger partial charge >= 0.3 is 0 Å². The Kier molecular flexibility index (Phi) is 3.90. The molecule has 0 radical (unpaired) electrons. The lowest BCUT2D eigenvalue weighted by molar-refractivity contribution is 0.0336. The van der Waals surface area contributed by atoms with Crippen LogP contribution in [0.2, 0.25) is 0 Å². The van der Waals surface area contributed by atoms with Gasteiger partial charge in [-0.3, -0.25) is 0 Å². The molecule has 0 N–H and O–H groups in total. The van der Waals surface area contributed by atoms with Gasteiger partial charge in [-0.15, -0.1) is 0 Å². The molecule has 6 rings (SSSR count). The highest BCUT2D eigenvalue weighted by atomic mass is 16.5. The molecule has 3 aliphatic heterocycles. The van der Waals surface area contributed by atoms with Crippen molar-refractivity contribution in [1.82, 2.24) is 4.90 Å². The first-order valence-corrected chi connectivity index (χ1v) is 11.0. The highest BCUT2D eigenvalue weighted by Crippen LogP contribution is 2.56. The van der Waals surface area contributed by atoms with E-state index in [1.54, 1.807) is 0 Å². The summed E-state index contributed by atoms with van der Waals surface area (Å²) in [5.74, 6) is 1.81. The van der Waals surface area contributed by atoms with Gasteiger partial charge in [0.2, 0.25) is 0 Å². The topological polar surface area (TPSA) is 37.3 Å². The number of likely N-dealkylation sites (N-methyl/N-ethyl adjacent to an activating group) is 1. The van der Waals surface area contributed by atoms with E-state index in [1.807, 2.05) is 0 Å². The molecule has 31 heavy (non-hydrogen) atoms. The zero-order valence-corrected chi connectivity index (χ0v) is 18.3. The van der Waals surface area contributed by atoms with Crippen molar-refractivity contribution < 1.29 is 9.47 Å². The SMILES string of the molecule is CN1c2ccccc2C(C)(C)C12Oc1ccc3ccccc3c1N=C2N1CCOCC1. The summed E-state index contributed by atoms with van der Waals surface area (Å²) in [6, 6.07) is 21.2. The highest BCUT2D eigenvalue weighted by molar-refractivity contribution is 6.06. The van der Waals surface area contributed by atoms with E-state index in [1.165, 1.54) is 16.6 Å². The minimum Gasteiger partial charge on any atom is -0.457 e. The van der Waals surface area contributed by atoms with Crippen molar-refractivity contribution >= 4 is 28.0 Å². The fraction of sp³-hybridized carbons (Fsp3) is 0.346. The van der Waals surface area contributed by atoms with Crippen LogP contribution in [0.5, 0.6) is 5.75 Å². The number of morpholine rings is 1. The molecule has 158 valence electrons. The third kappa shape index (κ3) is 2.38. The minimum absolute atomic E-state index is 0.307. The fourth-order valence-corrected chi connectivity index (χ4v) is 5.57. The minimum atomic E-state index is -0.733. The number of nitrogens with zero attached hydrogens (tertiary/aromatic N) is 3. The van der Waals surface area contributed by atoms with Crippen molar-refractivity contribution in [2.75, 3.05) is 38.3 Å². The molecule has 0 aliphatic carbocycles. The lowest BCUT2D eigenvalue weighted by Crippen LogP contribution is -2.69. The number of hydrogen-bond acceptors (Lipinski definition) is 5. The van der Waals surface area contributed by atoms with Crippen molar-refractivity contribution in [2.45, 2.75) is 25.0 Å². The molecule has 0 amide bonds. The highest BCUT2D eigenvalue weighted by Gasteiger charge is 2.64. The summed E-state index contributed by atoms with van der Waals surface area (Å²) in [6.07, 6.45) is 0. The van der Waals surface area contributed by atoms with Crippen LogP contribution in [-0.4, -0.2) is 49.8 Å². The van der Waals surface area contributed by atoms with E-state index in [0.717, 1.165) is 35.7 Å². The molecular weight excluding hydrogens is 386 g/mol. The zero-order valence-electron chi connectivity index (χ0n) is 18.3. The number of fused-ring (bicyclic) bond motifs is 4. The van der Waals surface area contributed by atoms with E-state index < -0.39 is 5.72 Å². The van der Waals surface area contributed by atoms with Crippen LogP contribution in [0.25, 0.3) is 10.8 Å². The third-order valence-electron chi connectivity index (χ3n) is 7.21. The van der Waals surface area contributed by atoms with E-state index in [9.17, 15) is 0 Å². The molecule has 1 fully saturated rings. The molecule has 1 saturated heterocycles. The lowest BCUT2D eigenvalue weighted by Gasteiger charge is -2.51. The summed E-state index contributed by atoms with van der Waals surface area (Å²) < 4.78 is 12.7. The van der Waals surface area contributed by atoms with Crippen LogP contribution < -0.4 is 9.64 Å². The molecule has 1 spiro atoms. The van der Waals surface area contributed by atoms with Crippen LogP contribution in [0.4, 0.5) is 11.4 Å². The molecule has 0 aromatic heterocycles. The van der Waals surface area contributed by atoms with Gasteiger partial charge in [-0.25, -0.2) is 4.99 Å². The number of ether oxygens (including phenoxy) is 2. The average molecular weight is 414 g/mol. The zero-order chi connectivity index (χ0) is 21.2. The largest absolute Gasteiger partial charge is 0.457 e. The average Bonchev–Trinajstić information content (AvgIpc) is 2.98. The number of rotatable bonds is 0. The molecule has 5 nitrogen and oxygen atoms in total. The Hall–Kier alpha value is -3.05. The summed E-state index contributed by atoms with van der Waals surface area (Å²) >= 11 is 0. The third-order valence-corrected chi connectivity index (χ3v) is 7.21. The second-order valence-electron chi connectivity index (χ2n) is 9.12. The summed E-state index contributed by atoms with van der Waals surface area (Å²) in [5, 5.41) is 2.30. The number of para-hydroxylation sites is 1. The Bertz CT molecular complexity index is 1210.